The number of aliphatic hydroxyl groups is 1. The Morgan fingerprint density at radius 1 is 1.31 bits per heavy atom. The Bertz CT molecular complexity index is 206. The first-order valence-corrected chi connectivity index (χ1v) is 6.89. The van der Waals surface area contributed by atoms with E-state index < -0.39 is 0 Å². The average Bonchev–Trinajstić information content (AvgIpc) is 2.24. The molecule has 0 aromatic carbocycles. The highest BCUT2D eigenvalue weighted by atomic mass is 16.3. The summed E-state index contributed by atoms with van der Waals surface area (Å²) in [6, 6.07) is 1.37. The van der Waals surface area contributed by atoms with Gasteiger partial charge in [-0.15, -0.1) is 0 Å². The van der Waals surface area contributed by atoms with E-state index in [1.807, 2.05) is 0 Å². The van der Waals surface area contributed by atoms with Gasteiger partial charge in [0.25, 0.3) is 0 Å². The molecule has 0 radical (unpaired) electrons. The van der Waals surface area contributed by atoms with Crippen molar-refractivity contribution in [2.24, 2.45) is 5.92 Å². The number of rotatable bonds is 5. The van der Waals surface area contributed by atoms with Crippen molar-refractivity contribution in [1.29, 1.82) is 0 Å². The molecule has 0 aromatic heterocycles. The SMILES string of the molecule is CC(C1CCC1)N1CCCC(NCCO)C1. The Kier molecular flexibility index (Phi) is 4.62. The Morgan fingerprint density at radius 2 is 2.12 bits per heavy atom. The Hall–Kier alpha value is -0.120. The summed E-state index contributed by atoms with van der Waals surface area (Å²) in [5.41, 5.74) is 0. The highest BCUT2D eigenvalue weighted by Gasteiger charge is 2.30. The molecule has 1 aliphatic heterocycles. The summed E-state index contributed by atoms with van der Waals surface area (Å²) in [4.78, 5) is 2.66. The van der Waals surface area contributed by atoms with E-state index in [4.69, 9.17) is 5.11 Å². The van der Waals surface area contributed by atoms with Gasteiger partial charge in [-0.25, -0.2) is 0 Å². The number of piperidine rings is 1. The molecule has 0 bridgehead atoms. The lowest BCUT2D eigenvalue weighted by Crippen LogP contribution is -2.51. The molecule has 2 aliphatic rings. The summed E-state index contributed by atoms with van der Waals surface area (Å²) < 4.78 is 0. The van der Waals surface area contributed by atoms with Crippen LogP contribution >= 0.6 is 0 Å². The van der Waals surface area contributed by atoms with Crippen molar-refractivity contribution in [3.8, 4) is 0 Å². The van der Waals surface area contributed by atoms with Crippen LogP contribution in [0.25, 0.3) is 0 Å². The molecular formula is C13H26N2O. The second-order valence-corrected chi connectivity index (χ2v) is 5.44. The number of hydrogen-bond donors (Lipinski definition) is 2. The van der Waals surface area contributed by atoms with E-state index in [9.17, 15) is 0 Å². The first-order valence-electron chi connectivity index (χ1n) is 6.89. The maximum absolute atomic E-state index is 8.83. The van der Waals surface area contributed by atoms with Crippen LogP contribution in [0.4, 0.5) is 0 Å². The molecule has 0 amide bonds. The van der Waals surface area contributed by atoms with E-state index in [2.05, 4.69) is 17.1 Å². The zero-order chi connectivity index (χ0) is 11.4. The van der Waals surface area contributed by atoms with Crippen molar-refractivity contribution in [3.05, 3.63) is 0 Å². The third kappa shape index (κ3) is 2.96. The maximum atomic E-state index is 8.83. The van der Waals surface area contributed by atoms with E-state index in [-0.39, 0.29) is 6.61 Å². The normalized spacial score (nSPS) is 30.0. The standard InChI is InChI=1S/C13H26N2O/c1-11(12-4-2-5-12)15-8-3-6-13(10-15)14-7-9-16/h11-14,16H,2-10H2,1H3. The molecule has 16 heavy (non-hydrogen) atoms. The minimum Gasteiger partial charge on any atom is -0.395 e. The summed E-state index contributed by atoms with van der Waals surface area (Å²) >= 11 is 0. The molecule has 2 unspecified atom stereocenters. The first-order chi connectivity index (χ1) is 7.81. The van der Waals surface area contributed by atoms with Gasteiger partial charge in [0.15, 0.2) is 0 Å². The van der Waals surface area contributed by atoms with Crippen molar-refractivity contribution < 1.29 is 5.11 Å². The van der Waals surface area contributed by atoms with Crippen LogP contribution in [0.5, 0.6) is 0 Å². The minimum absolute atomic E-state index is 0.259. The number of aliphatic hydroxyl groups excluding tert-OH is 1. The van der Waals surface area contributed by atoms with Crippen molar-refractivity contribution in [1.82, 2.24) is 10.2 Å². The van der Waals surface area contributed by atoms with E-state index in [1.165, 1.54) is 45.2 Å². The average molecular weight is 226 g/mol. The maximum Gasteiger partial charge on any atom is 0.0556 e. The van der Waals surface area contributed by atoms with Crippen LogP contribution in [0.2, 0.25) is 0 Å². The first kappa shape index (κ1) is 12.3. The third-order valence-corrected chi connectivity index (χ3v) is 4.41. The van der Waals surface area contributed by atoms with Gasteiger partial charge in [0.1, 0.15) is 0 Å². The molecule has 1 saturated heterocycles. The zero-order valence-corrected chi connectivity index (χ0v) is 10.5. The molecular weight excluding hydrogens is 200 g/mol. The van der Waals surface area contributed by atoms with Crippen LogP contribution in [-0.2, 0) is 0 Å². The van der Waals surface area contributed by atoms with Crippen LogP contribution in [0.15, 0.2) is 0 Å². The predicted octanol–water partition coefficient (Wildman–Crippen LogP) is 1.22. The van der Waals surface area contributed by atoms with Gasteiger partial charge in [-0.1, -0.05) is 6.42 Å². The monoisotopic (exact) mass is 226 g/mol. The predicted molar refractivity (Wildman–Crippen MR) is 66.5 cm³/mol. The number of nitrogens with one attached hydrogen (secondary N) is 1. The van der Waals surface area contributed by atoms with Gasteiger partial charge in [0.05, 0.1) is 6.61 Å². The van der Waals surface area contributed by atoms with Gasteiger partial charge >= 0.3 is 0 Å². The fraction of sp³-hybridized carbons (Fsp3) is 1.00. The van der Waals surface area contributed by atoms with Crippen molar-refractivity contribution in [3.63, 3.8) is 0 Å². The highest BCUT2D eigenvalue weighted by Crippen LogP contribution is 2.32. The van der Waals surface area contributed by atoms with Crippen molar-refractivity contribution >= 4 is 0 Å². The number of likely N-dealkylation sites (tertiary alicyclic amines) is 1. The van der Waals surface area contributed by atoms with E-state index in [1.54, 1.807) is 0 Å². The van der Waals surface area contributed by atoms with Crippen LogP contribution in [0, 0.1) is 5.92 Å². The van der Waals surface area contributed by atoms with Gasteiger partial charge < -0.3 is 10.4 Å². The molecule has 1 aliphatic carbocycles. The van der Waals surface area contributed by atoms with Gasteiger partial charge in [-0.05, 0) is 45.1 Å². The summed E-state index contributed by atoms with van der Waals surface area (Å²) in [7, 11) is 0. The minimum atomic E-state index is 0.259. The molecule has 1 heterocycles. The van der Waals surface area contributed by atoms with E-state index in [0.29, 0.717) is 6.04 Å². The van der Waals surface area contributed by atoms with Gasteiger partial charge in [-0.3, -0.25) is 4.90 Å². The fourth-order valence-corrected chi connectivity index (χ4v) is 3.03. The van der Waals surface area contributed by atoms with Crippen LogP contribution in [-0.4, -0.2) is 48.3 Å². The lowest BCUT2D eigenvalue weighted by Gasteiger charge is -2.43. The van der Waals surface area contributed by atoms with Crippen LogP contribution in [0.1, 0.15) is 39.0 Å². The Labute approximate surface area is 99.2 Å². The highest BCUT2D eigenvalue weighted by molar-refractivity contribution is 4.86. The summed E-state index contributed by atoms with van der Waals surface area (Å²) in [6.07, 6.45) is 6.89. The lowest BCUT2D eigenvalue weighted by molar-refractivity contribution is 0.0752. The molecule has 94 valence electrons. The van der Waals surface area contributed by atoms with Crippen LogP contribution in [0.3, 0.4) is 0 Å². The Balaban J connectivity index is 1.76. The van der Waals surface area contributed by atoms with E-state index in [0.717, 1.165) is 18.5 Å². The summed E-state index contributed by atoms with van der Waals surface area (Å²) in [5.74, 6) is 0.955. The third-order valence-electron chi connectivity index (χ3n) is 4.41. The topological polar surface area (TPSA) is 35.5 Å². The number of hydrogen-bond acceptors (Lipinski definition) is 3. The van der Waals surface area contributed by atoms with Gasteiger partial charge in [0.2, 0.25) is 0 Å². The fourth-order valence-electron chi connectivity index (χ4n) is 3.03. The quantitative estimate of drug-likeness (QED) is 0.740. The second kappa shape index (κ2) is 5.99. The molecule has 0 aromatic rings. The molecule has 2 fully saturated rings. The van der Waals surface area contributed by atoms with Gasteiger partial charge in [-0.2, -0.15) is 0 Å². The van der Waals surface area contributed by atoms with E-state index >= 15 is 0 Å². The van der Waals surface area contributed by atoms with Crippen molar-refractivity contribution in [2.45, 2.75) is 51.1 Å². The molecule has 2 N–H and O–H groups in total. The Morgan fingerprint density at radius 3 is 2.75 bits per heavy atom. The summed E-state index contributed by atoms with van der Waals surface area (Å²) in [5, 5.41) is 12.3. The zero-order valence-electron chi connectivity index (χ0n) is 10.5. The summed E-state index contributed by atoms with van der Waals surface area (Å²) in [6.45, 7) is 5.86. The molecule has 3 heteroatoms. The second-order valence-electron chi connectivity index (χ2n) is 5.44. The lowest BCUT2D eigenvalue weighted by atomic mass is 9.79. The molecule has 2 atom stereocenters. The molecule has 0 spiro atoms. The molecule has 3 nitrogen and oxygen atoms in total. The van der Waals surface area contributed by atoms with Crippen molar-refractivity contribution in [2.75, 3.05) is 26.2 Å². The van der Waals surface area contributed by atoms with Gasteiger partial charge in [0, 0.05) is 25.2 Å². The smallest absolute Gasteiger partial charge is 0.0556 e. The van der Waals surface area contributed by atoms with Crippen LogP contribution < -0.4 is 5.32 Å². The molecule has 1 saturated carbocycles. The molecule has 2 rings (SSSR count). The largest absolute Gasteiger partial charge is 0.395 e. The number of nitrogens with zero attached hydrogens (tertiary/aromatic N) is 1.